The average Bonchev–Trinajstić information content (AvgIpc) is 2.64. The number of nitrogens with two attached hydrogens (primary N) is 1. The summed E-state index contributed by atoms with van der Waals surface area (Å²) >= 11 is 1.58. The number of hydrogen-bond donors (Lipinski definition) is 2. The molecule has 0 unspecified atom stereocenters. The molecule has 1 rings (SSSR count). The fourth-order valence-corrected chi connectivity index (χ4v) is 2.44. The number of carbonyl (C=O) groups excluding carboxylic acids is 1. The van der Waals surface area contributed by atoms with Gasteiger partial charge in [-0.1, -0.05) is 0 Å². The molecule has 16 heavy (non-hydrogen) atoms. The van der Waals surface area contributed by atoms with Crippen LogP contribution in [0.5, 0.6) is 0 Å². The Hall–Kier alpha value is -1.07. The monoisotopic (exact) mass is 243 g/mol. The van der Waals surface area contributed by atoms with Crippen molar-refractivity contribution in [2.24, 2.45) is 5.73 Å². The second-order valence-corrected chi connectivity index (χ2v) is 5.10. The van der Waals surface area contributed by atoms with E-state index in [0.29, 0.717) is 6.42 Å². The summed E-state index contributed by atoms with van der Waals surface area (Å²) in [6, 6.07) is 1.96. The van der Waals surface area contributed by atoms with Crippen molar-refractivity contribution >= 4 is 17.4 Å². The van der Waals surface area contributed by atoms with Crippen molar-refractivity contribution in [1.82, 2.24) is 0 Å². The molecule has 0 saturated heterocycles. The first kappa shape index (κ1) is 13.0. The van der Waals surface area contributed by atoms with E-state index in [4.69, 9.17) is 10.5 Å². The van der Waals surface area contributed by atoms with Crippen molar-refractivity contribution in [2.75, 3.05) is 6.61 Å². The van der Waals surface area contributed by atoms with Crippen LogP contribution in [0.2, 0.25) is 0 Å². The normalized spacial score (nSPS) is 13.4. The summed E-state index contributed by atoms with van der Waals surface area (Å²) in [7, 11) is 0. The van der Waals surface area contributed by atoms with E-state index in [-0.39, 0.29) is 12.5 Å². The molecule has 0 aliphatic carbocycles. The summed E-state index contributed by atoms with van der Waals surface area (Å²) < 4.78 is 5.00. The maximum absolute atomic E-state index is 10.7. The number of aliphatic hydroxyl groups is 1. The quantitative estimate of drug-likeness (QED) is 0.831. The van der Waals surface area contributed by atoms with Gasteiger partial charge in [0.25, 0.3) is 0 Å². The number of primary amides is 1. The first-order chi connectivity index (χ1) is 7.44. The van der Waals surface area contributed by atoms with Crippen molar-refractivity contribution < 1.29 is 14.6 Å². The van der Waals surface area contributed by atoms with Crippen molar-refractivity contribution in [2.45, 2.75) is 31.8 Å². The Morgan fingerprint density at radius 2 is 2.38 bits per heavy atom. The zero-order valence-electron chi connectivity index (χ0n) is 9.47. The highest BCUT2D eigenvalue weighted by atomic mass is 32.1. The second-order valence-electron chi connectivity index (χ2n) is 4.32. The molecule has 0 saturated carbocycles. The van der Waals surface area contributed by atoms with Crippen LogP contribution >= 0.6 is 11.3 Å². The van der Waals surface area contributed by atoms with Crippen molar-refractivity contribution in [3.8, 4) is 0 Å². The SMILES string of the molecule is CC(C)(C[C@@H](CO)c1ccsc1)OC(N)=O. The molecular formula is C11H17NO3S. The van der Waals surface area contributed by atoms with Crippen LogP contribution in [0.25, 0.3) is 0 Å². The summed E-state index contributed by atoms with van der Waals surface area (Å²) in [5.41, 5.74) is 5.39. The van der Waals surface area contributed by atoms with E-state index in [9.17, 15) is 9.90 Å². The summed E-state index contributed by atoms with van der Waals surface area (Å²) in [4.78, 5) is 10.7. The number of hydrogen-bond acceptors (Lipinski definition) is 4. The van der Waals surface area contributed by atoms with Crippen LogP contribution in [-0.4, -0.2) is 23.4 Å². The van der Waals surface area contributed by atoms with Gasteiger partial charge in [0.05, 0.1) is 6.61 Å². The average molecular weight is 243 g/mol. The third-order valence-corrected chi connectivity index (χ3v) is 3.05. The van der Waals surface area contributed by atoms with Gasteiger partial charge in [-0.3, -0.25) is 0 Å². The van der Waals surface area contributed by atoms with Gasteiger partial charge in [-0.25, -0.2) is 4.79 Å². The highest BCUT2D eigenvalue weighted by Gasteiger charge is 2.27. The van der Waals surface area contributed by atoms with Gasteiger partial charge in [0.1, 0.15) is 5.60 Å². The summed E-state index contributed by atoms with van der Waals surface area (Å²) in [5, 5.41) is 13.3. The molecule has 0 spiro atoms. The number of amides is 1. The van der Waals surface area contributed by atoms with Crippen LogP contribution < -0.4 is 5.73 Å². The number of carbonyl (C=O) groups is 1. The highest BCUT2D eigenvalue weighted by molar-refractivity contribution is 7.07. The zero-order valence-corrected chi connectivity index (χ0v) is 10.3. The minimum absolute atomic E-state index is 0.0272. The molecule has 0 aromatic carbocycles. The lowest BCUT2D eigenvalue weighted by Gasteiger charge is -2.27. The third-order valence-electron chi connectivity index (χ3n) is 2.35. The third kappa shape index (κ3) is 3.83. The Morgan fingerprint density at radius 3 is 2.81 bits per heavy atom. The van der Waals surface area contributed by atoms with Crippen LogP contribution in [0.15, 0.2) is 16.8 Å². The van der Waals surface area contributed by atoms with Gasteiger partial charge in [0.2, 0.25) is 0 Å². The van der Waals surface area contributed by atoms with Crippen LogP contribution in [-0.2, 0) is 4.74 Å². The summed E-state index contributed by atoms with van der Waals surface area (Å²) in [6.07, 6.45) is -0.240. The first-order valence-corrected chi connectivity index (χ1v) is 6.00. The Bertz CT molecular complexity index is 335. The number of ether oxygens (including phenoxy) is 1. The van der Waals surface area contributed by atoms with Gasteiger partial charge in [0, 0.05) is 5.92 Å². The molecule has 3 N–H and O–H groups in total. The Kier molecular flexibility index (Phi) is 4.32. The van der Waals surface area contributed by atoms with Crippen LogP contribution in [0.4, 0.5) is 4.79 Å². The van der Waals surface area contributed by atoms with E-state index in [1.165, 1.54) is 0 Å². The smallest absolute Gasteiger partial charge is 0.405 e. The van der Waals surface area contributed by atoms with E-state index in [2.05, 4.69) is 0 Å². The molecule has 1 aromatic heterocycles. The lowest BCUT2D eigenvalue weighted by molar-refractivity contribution is 0.0285. The van der Waals surface area contributed by atoms with Gasteiger partial charge in [-0.05, 0) is 42.7 Å². The van der Waals surface area contributed by atoms with E-state index in [1.54, 1.807) is 25.2 Å². The van der Waals surface area contributed by atoms with Crippen LogP contribution in [0, 0.1) is 0 Å². The van der Waals surface area contributed by atoms with Gasteiger partial charge in [-0.2, -0.15) is 11.3 Å². The fourth-order valence-electron chi connectivity index (χ4n) is 1.70. The van der Waals surface area contributed by atoms with Gasteiger partial charge < -0.3 is 15.6 Å². The summed E-state index contributed by atoms with van der Waals surface area (Å²) in [6.45, 7) is 3.60. The lowest BCUT2D eigenvalue weighted by atomic mass is 9.90. The molecule has 4 nitrogen and oxygen atoms in total. The highest BCUT2D eigenvalue weighted by Crippen LogP contribution is 2.29. The van der Waals surface area contributed by atoms with Crippen molar-refractivity contribution in [1.29, 1.82) is 0 Å². The standard InChI is InChI=1S/C11H17NO3S/c1-11(2,15-10(12)14)5-9(6-13)8-3-4-16-7-8/h3-4,7,9,13H,5-6H2,1-2H3,(H2,12,14)/t9-/m0/s1. The van der Waals surface area contributed by atoms with Gasteiger partial charge in [0.15, 0.2) is 0 Å². The number of aliphatic hydroxyl groups excluding tert-OH is 1. The van der Waals surface area contributed by atoms with E-state index >= 15 is 0 Å². The van der Waals surface area contributed by atoms with Gasteiger partial charge in [-0.15, -0.1) is 0 Å². The minimum atomic E-state index is -0.785. The molecule has 90 valence electrons. The Morgan fingerprint density at radius 1 is 1.69 bits per heavy atom. The molecule has 0 bridgehead atoms. The molecule has 0 aliphatic heterocycles. The molecule has 0 radical (unpaired) electrons. The Balaban J connectivity index is 2.66. The minimum Gasteiger partial charge on any atom is -0.444 e. The van der Waals surface area contributed by atoms with E-state index in [0.717, 1.165) is 5.56 Å². The maximum atomic E-state index is 10.7. The largest absolute Gasteiger partial charge is 0.444 e. The zero-order chi connectivity index (χ0) is 12.2. The second kappa shape index (κ2) is 5.32. The van der Waals surface area contributed by atoms with E-state index < -0.39 is 11.7 Å². The summed E-state index contributed by atoms with van der Waals surface area (Å²) in [5.74, 6) is -0.0272. The molecule has 1 aromatic rings. The predicted octanol–water partition coefficient (Wildman–Crippen LogP) is 2.09. The Labute approximate surface area is 99.0 Å². The number of rotatable bonds is 5. The van der Waals surface area contributed by atoms with Crippen LogP contribution in [0.1, 0.15) is 31.7 Å². The lowest BCUT2D eigenvalue weighted by Crippen LogP contribution is -2.33. The van der Waals surface area contributed by atoms with Crippen LogP contribution in [0.3, 0.4) is 0 Å². The molecule has 0 aliphatic rings. The number of thiophene rings is 1. The molecular weight excluding hydrogens is 226 g/mol. The molecule has 1 heterocycles. The van der Waals surface area contributed by atoms with Gasteiger partial charge >= 0.3 is 6.09 Å². The maximum Gasteiger partial charge on any atom is 0.405 e. The molecule has 1 atom stereocenters. The van der Waals surface area contributed by atoms with E-state index in [1.807, 2.05) is 16.8 Å². The molecule has 5 heteroatoms. The molecule has 0 fully saturated rings. The topological polar surface area (TPSA) is 72.6 Å². The molecule has 1 amide bonds. The predicted molar refractivity (Wildman–Crippen MR) is 63.5 cm³/mol. The van der Waals surface area contributed by atoms with Crippen molar-refractivity contribution in [3.63, 3.8) is 0 Å². The fraction of sp³-hybridized carbons (Fsp3) is 0.545. The van der Waals surface area contributed by atoms with Crippen molar-refractivity contribution in [3.05, 3.63) is 22.4 Å². The first-order valence-electron chi connectivity index (χ1n) is 5.06.